The van der Waals surface area contributed by atoms with Crippen molar-refractivity contribution in [1.29, 1.82) is 0 Å². The standard InChI is InChI=1S/C26H53O.K/c1-6-7-8-9-14-23(2)17-12-18-24(3)15-10-11-16-25(4)19-13-20-26(5)21-22-27;/h23-26H,6-22H2,1-5H3;/q-1;+1. The van der Waals surface area contributed by atoms with Gasteiger partial charge in [0.05, 0.1) is 0 Å². The van der Waals surface area contributed by atoms with Gasteiger partial charge in [0.25, 0.3) is 0 Å². The van der Waals surface area contributed by atoms with Gasteiger partial charge in [-0.2, -0.15) is 0 Å². The van der Waals surface area contributed by atoms with Crippen LogP contribution in [0.3, 0.4) is 0 Å². The maximum atomic E-state index is 10.6. The molecule has 0 rings (SSSR count). The predicted molar refractivity (Wildman–Crippen MR) is 121 cm³/mol. The molecular weight excluding hydrogens is 367 g/mol. The van der Waals surface area contributed by atoms with Gasteiger partial charge in [-0.15, -0.1) is 6.61 Å². The van der Waals surface area contributed by atoms with Gasteiger partial charge in [-0.25, -0.2) is 0 Å². The Balaban J connectivity index is 0. The largest absolute Gasteiger partial charge is 1.00 e. The van der Waals surface area contributed by atoms with E-state index in [4.69, 9.17) is 0 Å². The van der Waals surface area contributed by atoms with Gasteiger partial charge in [0.15, 0.2) is 0 Å². The van der Waals surface area contributed by atoms with E-state index in [9.17, 15) is 5.11 Å². The molecule has 0 aliphatic carbocycles. The van der Waals surface area contributed by atoms with Gasteiger partial charge in [0.1, 0.15) is 0 Å². The van der Waals surface area contributed by atoms with E-state index in [-0.39, 0.29) is 58.0 Å². The van der Waals surface area contributed by atoms with E-state index >= 15 is 0 Å². The molecule has 4 atom stereocenters. The van der Waals surface area contributed by atoms with Gasteiger partial charge < -0.3 is 5.11 Å². The molecule has 0 heterocycles. The molecule has 0 spiro atoms. The number of hydrogen-bond donors (Lipinski definition) is 0. The average Bonchev–Trinajstić information content (AvgIpc) is 2.62. The van der Waals surface area contributed by atoms with Crippen molar-refractivity contribution in [2.45, 2.75) is 137 Å². The fraction of sp³-hybridized carbons (Fsp3) is 1.00. The normalized spacial score (nSPS) is 15.6. The molecule has 0 aromatic carbocycles. The molecule has 0 radical (unpaired) electrons. The molecule has 28 heavy (non-hydrogen) atoms. The Morgan fingerprint density at radius 3 is 1.14 bits per heavy atom. The second kappa shape index (κ2) is 23.3. The smallest absolute Gasteiger partial charge is 0.854 e. The molecule has 0 N–H and O–H groups in total. The maximum Gasteiger partial charge on any atom is 1.00 e. The third kappa shape index (κ3) is 22.3. The van der Waals surface area contributed by atoms with Crippen LogP contribution in [0.1, 0.15) is 137 Å². The summed E-state index contributed by atoms with van der Waals surface area (Å²) in [6, 6.07) is 0. The average molecular weight is 421 g/mol. The van der Waals surface area contributed by atoms with Crippen LogP contribution in [0.15, 0.2) is 0 Å². The van der Waals surface area contributed by atoms with Gasteiger partial charge in [0, 0.05) is 0 Å². The molecule has 164 valence electrons. The summed E-state index contributed by atoms with van der Waals surface area (Å²) >= 11 is 0. The SMILES string of the molecule is CCCCCCC(C)CCCC(C)CCCCC(C)CCCC(C)CC[O-].[K+]. The van der Waals surface area contributed by atoms with E-state index in [0.717, 1.165) is 24.2 Å². The molecule has 0 aromatic heterocycles. The van der Waals surface area contributed by atoms with Crippen molar-refractivity contribution in [2.24, 2.45) is 23.7 Å². The van der Waals surface area contributed by atoms with Gasteiger partial charge in [0.2, 0.25) is 0 Å². The Hall–Kier alpha value is 1.60. The third-order valence-electron chi connectivity index (χ3n) is 6.59. The minimum atomic E-state index is 0. The van der Waals surface area contributed by atoms with Crippen LogP contribution in [0, 0.1) is 23.7 Å². The van der Waals surface area contributed by atoms with Crippen molar-refractivity contribution in [3.8, 4) is 0 Å². The molecule has 4 unspecified atom stereocenters. The van der Waals surface area contributed by atoms with Crippen molar-refractivity contribution in [2.75, 3.05) is 6.61 Å². The van der Waals surface area contributed by atoms with E-state index in [2.05, 4.69) is 34.6 Å². The van der Waals surface area contributed by atoms with Gasteiger partial charge in [-0.05, 0) is 23.7 Å². The van der Waals surface area contributed by atoms with Crippen molar-refractivity contribution in [3.63, 3.8) is 0 Å². The summed E-state index contributed by atoms with van der Waals surface area (Å²) in [6.45, 7) is 12.0. The van der Waals surface area contributed by atoms with Crippen molar-refractivity contribution >= 4 is 0 Å². The molecule has 0 aromatic rings. The summed E-state index contributed by atoms with van der Waals surface area (Å²) in [4.78, 5) is 0. The topological polar surface area (TPSA) is 23.1 Å². The first kappa shape index (κ1) is 31.8. The first-order valence-electron chi connectivity index (χ1n) is 12.6. The van der Waals surface area contributed by atoms with E-state index in [1.165, 1.54) is 96.3 Å². The van der Waals surface area contributed by atoms with Crippen LogP contribution in [-0.2, 0) is 0 Å². The van der Waals surface area contributed by atoms with Crippen LogP contribution in [0.2, 0.25) is 0 Å². The van der Waals surface area contributed by atoms with Crippen molar-refractivity contribution in [1.82, 2.24) is 0 Å². The minimum absolute atomic E-state index is 0. The third-order valence-corrected chi connectivity index (χ3v) is 6.59. The summed E-state index contributed by atoms with van der Waals surface area (Å²) in [6.07, 6.45) is 21.9. The Morgan fingerprint density at radius 1 is 0.464 bits per heavy atom. The fourth-order valence-corrected chi connectivity index (χ4v) is 4.31. The molecule has 0 aliphatic heterocycles. The van der Waals surface area contributed by atoms with E-state index in [1.807, 2.05) is 0 Å². The van der Waals surface area contributed by atoms with Crippen LogP contribution in [0.5, 0.6) is 0 Å². The zero-order chi connectivity index (χ0) is 20.3. The Bertz CT molecular complexity index is 294. The van der Waals surface area contributed by atoms with Gasteiger partial charge in [-0.1, -0.05) is 137 Å². The molecular formula is C26H53KO. The molecule has 0 saturated heterocycles. The van der Waals surface area contributed by atoms with Crippen LogP contribution >= 0.6 is 0 Å². The van der Waals surface area contributed by atoms with Gasteiger partial charge >= 0.3 is 51.4 Å². The zero-order valence-corrected chi connectivity index (χ0v) is 23.9. The summed E-state index contributed by atoms with van der Waals surface area (Å²) in [5, 5.41) is 10.6. The van der Waals surface area contributed by atoms with Crippen LogP contribution in [0.25, 0.3) is 0 Å². The predicted octanol–water partition coefficient (Wildman–Crippen LogP) is 5.16. The number of unbranched alkanes of at least 4 members (excludes halogenated alkanes) is 4. The summed E-state index contributed by atoms with van der Waals surface area (Å²) in [5.41, 5.74) is 0. The second-order valence-electron chi connectivity index (χ2n) is 9.91. The first-order chi connectivity index (χ1) is 13.0. The quantitative estimate of drug-likeness (QED) is 0.197. The van der Waals surface area contributed by atoms with Crippen LogP contribution < -0.4 is 56.5 Å². The van der Waals surface area contributed by atoms with Crippen LogP contribution in [0.4, 0.5) is 0 Å². The monoisotopic (exact) mass is 420 g/mol. The molecule has 0 saturated carbocycles. The Morgan fingerprint density at radius 2 is 0.786 bits per heavy atom. The minimum Gasteiger partial charge on any atom is -0.854 e. The molecule has 0 bridgehead atoms. The van der Waals surface area contributed by atoms with Crippen LogP contribution in [-0.4, -0.2) is 6.61 Å². The molecule has 0 aliphatic rings. The molecule has 0 amide bonds. The second-order valence-corrected chi connectivity index (χ2v) is 9.91. The van der Waals surface area contributed by atoms with E-state index in [1.54, 1.807) is 0 Å². The molecule has 1 nitrogen and oxygen atoms in total. The number of hydrogen-bond acceptors (Lipinski definition) is 1. The summed E-state index contributed by atoms with van der Waals surface area (Å²) in [5.74, 6) is 3.36. The van der Waals surface area contributed by atoms with Gasteiger partial charge in [-0.3, -0.25) is 0 Å². The first-order valence-corrected chi connectivity index (χ1v) is 12.6. The maximum absolute atomic E-state index is 10.6. The van der Waals surface area contributed by atoms with Crippen molar-refractivity contribution in [3.05, 3.63) is 0 Å². The van der Waals surface area contributed by atoms with Crippen molar-refractivity contribution < 1.29 is 56.5 Å². The van der Waals surface area contributed by atoms with E-state index < -0.39 is 0 Å². The fourth-order valence-electron chi connectivity index (χ4n) is 4.31. The summed E-state index contributed by atoms with van der Waals surface area (Å²) in [7, 11) is 0. The Kier molecular flexibility index (Phi) is 26.4. The Labute approximate surface area is 222 Å². The molecule has 0 fully saturated rings. The zero-order valence-electron chi connectivity index (χ0n) is 20.7. The summed E-state index contributed by atoms with van der Waals surface area (Å²) < 4.78 is 0. The molecule has 2 heteroatoms. The number of rotatable bonds is 20. The van der Waals surface area contributed by atoms with E-state index in [0.29, 0.717) is 5.92 Å².